The summed E-state index contributed by atoms with van der Waals surface area (Å²) in [5.74, 6) is 0. The number of thiophene rings is 1. The van der Waals surface area contributed by atoms with Crippen LogP contribution < -0.4 is 5.69 Å². The fourth-order valence-corrected chi connectivity index (χ4v) is 3.68. The van der Waals surface area contributed by atoms with Gasteiger partial charge < -0.3 is 4.74 Å². The third-order valence-corrected chi connectivity index (χ3v) is 4.89. The minimum absolute atomic E-state index is 0.0368. The monoisotopic (exact) mass is 346 g/mol. The van der Waals surface area contributed by atoms with Crippen molar-refractivity contribution >= 4 is 28.3 Å². The van der Waals surface area contributed by atoms with E-state index >= 15 is 0 Å². The summed E-state index contributed by atoms with van der Waals surface area (Å²) in [4.78, 5) is 22.2. The molecule has 8 nitrogen and oxygen atoms in total. The fraction of sp³-hybridized carbons (Fsp3) is 0.154. The molecule has 0 saturated carbocycles. The first-order chi connectivity index (χ1) is 11.3. The lowest BCUT2D eigenvalue weighted by molar-refractivity contribution is 0.111. The first-order valence-corrected chi connectivity index (χ1v) is 8.33. The van der Waals surface area contributed by atoms with Gasteiger partial charge in [-0.2, -0.15) is 4.68 Å². The van der Waals surface area contributed by atoms with Crippen LogP contribution in [0.25, 0.3) is 26.9 Å². The fourth-order valence-electron chi connectivity index (χ4n) is 2.11. The van der Waals surface area contributed by atoms with Gasteiger partial charge in [0.25, 0.3) is 0 Å². The van der Waals surface area contributed by atoms with E-state index in [9.17, 15) is 4.79 Å². The first kappa shape index (κ1) is 14.2. The molecule has 0 amide bonds. The topological polar surface area (TPSA) is 87.2 Å². The molecule has 4 aromatic heterocycles. The normalized spacial score (nSPS) is 11.3. The van der Waals surface area contributed by atoms with Crippen LogP contribution in [0.2, 0.25) is 0 Å². The van der Waals surface area contributed by atoms with Crippen LogP contribution in [0.1, 0.15) is 0 Å². The van der Waals surface area contributed by atoms with Crippen molar-refractivity contribution in [2.24, 2.45) is 0 Å². The van der Waals surface area contributed by atoms with Crippen LogP contribution in [0.5, 0.6) is 0 Å². The Kier molecular flexibility index (Phi) is 3.48. The number of hydrogen-bond donors (Lipinski definition) is 0. The Morgan fingerprint density at radius 2 is 2.26 bits per heavy atom. The lowest BCUT2D eigenvalue weighted by atomic mass is 10.4. The van der Waals surface area contributed by atoms with Crippen LogP contribution in [-0.4, -0.2) is 36.5 Å². The molecule has 0 aliphatic carbocycles. The van der Waals surface area contributed by atoms with E-state index in [-0.39, 0.29) is 12.4 Å². The van der Waals surface area contributed by atoms with Crippen LogP contribution in [0.4, 0.5) is 0 Å². The smallest absolute Gasteiger partial charge is 0.355 e. The van der Waals surface area contributed by atoms with Crippen LogP contribution in [0.15, 0.2) is 34.0 Å². The molecule has 0 saturated heterocycles. The predicted molar refractivity (Wildman–Crippen MR) is 86.5 cm³/mol. The van der Waals surface area contributed by atoms with E-state index in [1.807, 2.05) is 22.9 Å². The molecular formula is C13H10N6O2S2. The molecule has 4 heterocycles. The van der Waals surface area contributed by atoms with Crippen LogP contribution in [-0.2, 0) is 11.5 Å². The molecule has 0 N–H and O–H groups in total. The minimum atomic E-state index is -0.356. The highest BCUT2D eigenvalue weighted by molar-refractivity contribution is 7.15. The van der Waals surface area contributed by atoms with Gasteiger partial charge in [-0.3, -0.25) is 0 Å². The second-order valence-electron chi connectivity index (χ2n) is 4.59. The SMILES string of the molecule is COCn1nnc2c(-c3nc(-c4cccs4)cs3)ncn2c1=O. The highest BCUT2D eigenvalue weighted by Gasteiger charge is 2.16. The van der Waals surface area contributed by atoms with Gasteiger partial charge in [0, 0.05) is 12.5 Å². The Morgan fingerprint density at radius 1 is 1.35 bits per heavy atom. The number of thiazole rings is 1. The van der Waals surface area contributed by atoms with Crippen molar-refractivity contribution in [3.8, 4) is 21.3 Å². The summed E-state index contributed by atoms with van der Waals surface area (Å²) in [5.41, 5.74) is 1.47. The molecule has 0 bridgehead atoms. The van der Waals surface area contributed by atoms with Gasteiger partial charge in [0.1, 0.15) is 23.8 Å². The number of fused-ring (bicyclic) bond motifs is 1. The number of hydrogen-bond acceptors (Lipinski definition) is 8. The quantitative estimate of drug-likeness (QED) is 0.559. The van der Waals surface area contributed by atoms with Gasteiger partial charge in [-0.05, 0) is 11.4 Å². The zero-order valence-electron chi connectivity index (χ0n) is 11.9. The van der Waals surface area contributed by atoms with Crippen molar-refractivity contribution in [1.29, 1.82) is 0 Å². The van der Waals surface area contributed by atoms with Gasteiger partial charge in [0.15, 0.2) is 5.65 Å². The first-order valence-electron chi connectivity index (χ1n) is 6.57. The van der Waals surface area contributed by atoms with E-state index < -0.39 is 0 Å². The van der Waals surface area contributed by atoms with Gasteiger partial charge in [-0.1, -0.05) is 11.3 Å². The Balaban J connectivity index is 1.81. The van der Waals surface area contributed by atoms with Crippen molar-refractivity contribution in [3.05, 3.63) is 39.7 Å². The maximum absolute atomic E-state index is 12.2. The number of aromatic nitrogens is 6. The summed E-state index contributed by atoms with van der Waals surface area (Å²) in [6.45, 7) is 0.0368. The van der Waals surface area contributed by atoms with Gasteiger partial charge in [0.05, 0.1) is 10.6 Å². The Morgan fingerprint density at radius 3 is 3.04 bits per heavy atom. The highest BCUT2D eigenvalue weighted by atomic mass is 32.1. The third kappa shape index (κ3) is 2.36. The molecule has 0 aliphatic rings. The van der Waals surface area contributed by atoms with E-state index in [1.165, 1.54) is 29.2 Å². The van der Waals surface area contributed by atoms with Crippen molar-refractivity contribution in [1.82, 2.24) is 29.4 Å². The van der Waals surface area contributed by atoms with E-state index in [0.717, 1.165) is 15.3 Å². The summed E-state index contributed by atoms with van der Waals surface area (Å²) in [5, 5.41) is 12.6. The molecule has 116 valence electrons. The third-order valence-electron chi connectivity index (χ3n) is 3.15. The summed E-state index contributed by atoms with van der Waals surface area (Å²) in [7, 11) is 1.49. The molecular weight excluding hydrogens is 336 g/mol. The second-order valence-corrected chi connectivity index (χ2v) is 6.40. The maximum atomic E-state index is 12.2. The molecule has 23 heavy (non-hydrogen) atoms. The molecule has 10 heteroatoms. The molecule has 0 unspecified atom stereocenters. The Labute approximate surface area is 137 Å². The van der Waals surface area contributed by atoms with Crippen molar-refractivity contribution in [3.63, 3.8) is 0 Å². The van der Waals surface area contributed by atoms with Gasteiger partial charge in [-0.25, -0.2) is 19.2 Å². The molecule has 0 aliphatic heterocycles. The van der Waals surface area contributed by atoms with Crippen LogP contribution in [0.3, 0.4) is 0 Å². The number of rotatable bonds is 4. The van der Waals surface area contributed by atoms with Crippen LogP contribution in [0, 0.1) is 0 Å². The average Bonchev–Trinajstić information content (AvgIpc) is 3.29. The van der Waals surface area contributed by atoms with E-state index in [0.29, 0.717) is 16.3 Å². The Hall–Kier alpha value is -2.43. The van der Waals surface area contributed by atoms with Crippen molar-refractivity contribution in [2.45, 2.75) is 6.73 Å². The number of methoxy groups -OCH3 is 1. The summed E-state index contributed by atoms with van der Waals surface area (Å²) < 4.78 is 7.37. The lowest BCUT2D eigenvalue weighted by Crippen LogP contribution is -2.30. The zero-order chi connectivity index (χ0) is 15.8. The van der Waals surface area contributed by atoms with Gasteiger partial charge >= 0.3 is 5.69 Å². The van der Waals surface area contributed by atoms with E-state index in [2.05, 4.69) is 20.3 Å². The zero-order valence-corrected chi connectivity index (χ0v) is 13.5. The van der Waals surface area contributed by atoms with Gasteiger partial charge in [-0.15, -0.1) is 27.8 Å². The summed E-state index contributed by atoms with van der Waals surface area (Å²) in [6.07, 6.45) is 1.43. The van der Waals surface area contributed by atoms with Crippen LogP contribution >= 0.6 is 22.7 Å². The highest BCUT2D eigenvalue weighted by Crippen LogP contribution is 2.31. The standard InChI is InChI=1S/C13H10N6O2S2/c1-21-7-19-13(20)18-6-14-10(11(18)16-17-19)12-15-8(5-23-12)9-3-2-4-22-9/h2-6H,7H2,1H3. The largest absolute Gasteiger partial charge is 0.362 e. The number of nitrogens with zero attached hydrogens (tertiary/aromatic N) is 6. The molecule has 4 aromatic rings. The van der Waals surface area contributed by atoms with E-state index in [4.69, 9.17) is 4.74 Å². The summed E-state index contributed by atoms with van der Waals surface area (Å²) in [6, 6.07) is 3.99. The average molecular weight is 346 g/mol. The summed E-state index contributed by atoms with van der Waals surface area (Å²) >= 11 is 3.08. The predicted octanol–water partition coefficient (Wildman–Crippen LogP) is 1.74. The number of ether oxygens (including phenoxy) is 1. The molecule has 0 fully saturated rings. The minimum Gasteiger partial charge on any atom is -0.362 e. The van der Waals surface area contributed by atoms with Gasteiger partial charge in [0.2, 0.25) is 0 Å². The molecule has 4 rings (SSSR count). The maximum Gasteiger partial charge on any atom is 0.355 e. The van der Waals surface area contributed by atoms with E-state index in [1.54, 1.807) is 11.3 Å². The number of imidazole rings is 1. The molecule has 0 aromatic carbocycles. The van der Waals surface area contributed by atoms with Crippen molar-refractivity contribution in [2.75, 3.05) is 7.11 Å². The molecule has 0 spiro atoms. The second kappa shape index (κ2) is 5.65. The van der Waals surface area contributed by atoms with Crippen molar-refractivity contribution < 1.29 is 4.74 Å². The Bertz CT molecular complexity index is 1020. The molecule has 0 radical (unpaired) electrons. The molecule has 0 atom stereocenters. The lowest BCUT2D eigenvalue weighted by Gasteiger charge is -2.01.